The molecule has 0 bridgehead atoms. The van der Waals surface area contributed by atoms with E-state index in [9.17, 15) is 0 Å². The topological polar surface area (TPSA) is 76.8 Å². The standard InChI is InChI=1S/C24H22IN4S2/c26-23(21-3-1-13-30-21)28-19-9-5-17(6-10-19)15-25-16-18-7-11-20(12-8-18)29-24(27)22-4-2-14-31-22/h1-14H,15-16H2,(H2,26,28)(H2,27,29)/q-1. The second-order valence-electron chi connectivity index (χ2n) is 6.74. The van der Waals surface area contributed by atoms with Crippen LogP contribution in [0.4, 0.5) is 11.4 Å². The second-order valence-corrected chi connectivity index (χ2v) is 11.2. The number of alkyl halides is 2. The number of aliphatic imine (C=N–C) groups is 2. The van der Waals surface area contributed by atoms with Gasteiger partial charge >= 0.3 is 202 Å². The summed E-state index contributed by atoms with van der Waals surface area (Å²) in [5, 5.41) is 4.01. The van der Waals surface area contributed by atoms with Gasteiger partial charge in [-0.15, -0.1) is 0 Å². The van der Waals surface area contributed by atoms with Crippen LogP contribution in [0.15, 0.2) is 93.5 Å². The van der Waals surface area contributed by atoms with Crippen LogP contribution in [-0.2, 0) is 8.86 Å². The molecule has 158 valence electrons. The zero-order chi connectivity index (χ0) is 21.5. The SMILES string of the molecule is NC(=Nc1ccc(C[I-]Cc2ccc(N=C(N)c3cccs3)cc2)cc1)c1cccs1. The van der Waals surface area contributed by atoms with Crippen molar-refractivity contribution in [3.63, 3.8) is 0 Å². The third-order valence-electron chi connectivity index (χ3n) is 4.42. The van der Waals surface area contributed by atoms with E-state index < -0.39 is 0 Å². The van der Waals surface area contributed by atoms with Crippen LogP contribution in [0.5, 0.6) is 0 Å². The number of benzene rings is 2. The molecule has 0 radical (unpaired) electrons. The van der Waals surface area contributed by atoms with E-state index in [0.717, 1.165) is 30.0 Å². The van der Waals surface area contributed by atoms with E-state index in [1.807, 2.05) is 59.3 Å². The Kier molecular flexibility index (Phi) is 7.50. The molecule has 4 aromatic rings. The first kappa shape index (κ1) is 21.7. The fraction of sp³-hybridized carbons (Fsp3) is 0.0833. The number of nitrogens with zero attached hydrogens (tertiary/aromatic N) is 2. The van der Waals surface area contributed by atoms with Gasteiger partial charge < -0.3 is 0 Å². The number of halogens is 1. The van der Waals surface area contributed by atoms with Crippen LogP contribution in [0.3, 0.4) is 0 Å². The molecule has 0 spiro atoms. The summed E-state index contributed by atoms with van der Waals surface area (Å²) in [5.41, 5.74) is 16.6. The van der Waals surface area contributed by atoms with Gasteiger partial charge in [0.25, 0.3) is 0 Å². The third-order valence-corrected chi connectivity index (χ3v) is 9.04. The van der Waals surface area contributed by atoms with Crippen LogP contribution in [0.2, 0.25) is 0 Å². The summed E-state index contributed by atoms with van der Waals surface area (Å²) in [5.74, 6) is 1.14. The molecule has 31 heavy (non-hydrogen) atoms. The van der Waals surface area contributed by atoms with Crippen molar-refractivity contribution in [1.29, 1.82) is 0 Å². The first-order chi connectivity index (χ1) is 15.2. The van der Waals surface area contributed by atoms with Gasteiger partial charge in [0.2, 0.25) is 0 Å². The first-order valence-electron chi connectivity index (χ1n) is 9.65. The van der Waals surface area contributed by atoms with Crippen molar-refractivity contribution in [3.8, 4) is 0 Å². The molecule has 0 saturated heterocycles. The Morgan fingerprint density at radius 1 is 0.645 bits per heavy atom. The molecule has 0 amide bonds. The van der Waals surface area contributed by atoms with Gasteiger partial charge in [0.1, 0.15) is 0 Å². The summed E-state index contributed by atoms with van der Waals surface area (Å²) >= 11 is 3.24. The Bertz CT molecular complexity index is 1050. The number of hydrogen-bond donors (Lipinski definition) is 2. The van der Waals surface area contributed by atoms with E-state index in [0.29, 0.717) is 11.7 Å². The molecule has 0 unspecified atom stereocenters. The van der Waals surface area contributed by atoms with Gasteiger partial charge in [0.05, 0.1) is 0 Å². The van der Waals surface area contributed by atoms with Crippen LogP contribution in [0.1, 0.15) is 20.9 Å². The molecule has 0 saturated carbocycles. The molecule has 2 aromatic carbocycles. The van der Waals surface area contributed by atoms with Crippen molar-refractivity contribution in [2.75, 3.05) is 0 Å². The molecule has 0 fully saturated rings. The van der Waals surface area contributed by atoms with E-state index >= 15 is 0 Å². The molecule has 0 aliphatic rings. The minimum atomic E-state index is 0.0350. The maximum atomic E-state index is 6.07. The fourth-order valence-corrected chi connectivity index (χ4v) is 6.61. The molecular weight excluding hydrogens is 535 g/mol. The molecule has 7 heteroatoms. The molecule has 4 N–H and O–H groups in total. The molecule has 4 nitrogen and oxygen atoms in total. The summed E-state index contributed by atoms with van der Waals surface area (Å²) in [7, 11) is 0. The number of rotatable bonds is 8. The van der Waals surface area contributed by atoms with Crippen molar-refractivity contribution in [3.05, 3.63) is 104 Å². The molecular formula is C24H22IN4S2-. The van der Waals surface area contributed by atoms with Crippen molar-refractivity contribution < 1.29 is 21.2 Å². The van der Waals surface area contributed by atoms with Gasteiger partial charge in [-0.1, -0.05) is 0 Å². The van der Waals surface area contributed by atoms with Gasteiger partial charge in [-0.3, -0.25) is 0 Å². The fourth-order valence-electron chi connectivity index (χ4n) is 2.82. The predicted molar refractivity (Wildman–Crippen MR) is 130 cm³/mol. The van der Waals surface area contributed by atoms with Crippen molar-refractivity contribution in [2.24, 2.45) is 21.5 Å². The van der Waals surface area contributed by atoms with E-state index in [4.69, 9.17) is 11.5 Å². The van der Waals surface area contributed by atoms with Gasteiger partial charge in [-0.25, -0.2) is 0 Å². The average molecular weight is 558 g/mol. The summed E-state index contributed by atoms with van der Waals surface area (Å²) in [6.07, 6.45) is 0. The Hall–Kier alpha value is -2.49. The van der Waals surface area contributed by atoms with Crippen molar-refractivity contribution >= 4 is 45.7 Å². The van der Waals surface area contributed by atoms with Gasteiger partial charge in [-0.2, -0.15) is 0 Å². The average Bonchev–Trinajstić information content (AvgIpc) is 3.51. The predicted octanol–water partition coefficient (Wildman–Crippen LogP) is 2.67. The molecule has 0 aliphatic heterocycles. The Morgan fingerprint density at radius 3 is 1.42 bits per heavy atom. The summed E-state index contributed by atoms with van der Waals surface area (Å²) in [6.45, 7) is 0. The van der Waals surface area contributed by atoms with Crippen LogP contribution >= 0.6 is 22.7 Å². The Labute approximate surface area is 200 Å². The molecule has 0 atom stereocenters. The number of nitrogens with two attached hydrogens (primary N) is 2. The molecule has 4 rings (SSSR count). The van der Waals surface area contributed by atoms with Crippen LogP contribution < -0.4 is 32.7 Å². The van der Waals surface area contributed by atoms with Crippen LogP contribution in [0, 0.1) is 0 Å². The first-order valence-corrected chi connectivity index (χ1v) is 14.5. The Balaban J connectivity index is 1.28. The number of hydrogen-bond acceptors (Lipinski definition) is 4. The number of thiophene rings is 2. The Morgan fingerprint density at radius 2 is 1.06 bits per heavy atom. The zero-order valence-corrected chi connectivity index (χ0v) is 20.5. The van der Waals surface area contributed by atoms with E-state index in [1.54, 1.807) is 22.7 Å². The quantitative estimate of drug-likeness (QED) is 0.151. The number of amidine groups is 2. The zero-order valence-electron chi connectivity index (χ0n) is 16.7. The third kappa shape index (κ3) is 6.25. The minimum absolute atomic E-state index is 0.0350. The maximum absolute atomic E-state index is 6.07. The van der Waals surface area contributed by atoms with Gasteiger partial charge in [0.15, 0.2) is 0 Å². The molecule has 2 heterocycles. The van der Waals surface area contributed by atoms with Crippen LogP contribution in [0.25, 0.3) is 0 Å². The van der Waals surface area contributed by atoms with E-state index in [-0.39, 0.29) is 21.2 Å². The monoisotopic (exact) mass is 557 g/mol. The summed E-state index contributed by atoms with van der Waals surface area (Å²) in [6, 6.07) is 24.8. The van der Waals surface area contributed by atoms with Crippen molar-refractivity contribution in [2.45, 2.75) is 8.86 Å². The van der Waals surface area contributed by atoms with E-state index in [2.05, 4.69) is 34.3 Å². The van der Waals surface area contributed by atoms with Gasteiger partial charge in [0, 0.05) is 0 Å². The van der Waals surface area contributed by atoms with E-state index in [1.165, 1.54) is 11.1 Å². The normalized spacial score (nSPS) is 12.4. The second kappa shape index (κ2) is 10.7. The van der Waals surface area contributed by atoms with Crippen molar-refractivity contribution in [1.82, 2.24) is 0 Å². The molecule has 2 aromatic heterocycles. The molecule has 0 aliphatic carbocycles. The van der Waals surface area contributed by atoms with Crippen LogP contribution in [-0.4, -0.2) is 11.7 Å². The van der Waals surface area contributed by atoms with Gasteiger partial charge in [-0.05, 0) is 0 Å². The summed E-state index contributed by atoms with van der Waals surface area (Å²) < 4.78 is 2.27. The summed E-state index contributed by atoms with van der Waals surface area (Å²) in [4.78, 5) is 11.0.